The molecule has 1 unspecified atom stereocenters. The maximum absolute atomic E-state index is 12.5. The Morgan fingerprint density at radius 1 is 1.04 bits per heavy atom. The minimum Gasteiger partial charge on any atom is -0.486 e. The summed E-state index contributed by atoms with van der Waals surface area (Å²) in [7, 11) is 0. The summed E-state index contributed by atoms with van der Waals surface area (Å²) in [4.78, 5) is 14.1. The van der Waals surface area contributed by atoms with Gasteiger partial charge in [-0.3, -0.25) is 4.79 Å². The molecule has 25 heavy (non-hydrogen) atoms. The molecule has 2 atom stereocenters. The Labute approximate surface area is 148 Å². The van der Waals surface area contributed by atoms with E-state index in [1.165, 1.54) is 16.9 Å². The van der Waals surface area contributed by atoms with Crippen LogP contribution in [0.3, 0.4) is 0 Å². The highest BCUT2D eigenvalue weighted by atomic mass is 16.6. The first kappa shape index (κ1) is 16.2. The number of carbonyl (C=O) groups is 1. The van der Waals surface area contributed by atoms with Gasteiger partial charge in [0.05, 0.1) is 26.1 Å². The highest BCUT2D eigenvalue weighted by Crippen LogP contribution is 2.31. The van der Waals surface area contributed by atoms with Crippen LogP contribution < -0.4 is 14.4 Å². The van der Waals surface area contributed by atoms with Crippen LogP contribution in [0.15, 0.2) is 48.5 Å². The number of rotatable bonds is 5. The fraction of sp³-hybridized carbons (Fsp3) is 0.381. The quantitative estimate of drug-likeness (QED) is 0.849. The predicted molar refractivity (Wildman–Crippen MR) is 95.7 cm³/mol. The smallest absolute Gasteiger partial charge is 0.168 e. The number of ketones is 1. The van der Waals surface area contributed by atoms with Gasteiger partial charge in [-0.15, -0.1) is 0 Å². The van der Waals surface area contributed by atoms with Gasteiger partial charge in [-0.2, -0.15) is 0 Å². The van der Waals surface area contributed by atoms with Crippen LogP contribution in [0.2, 0.25) is 0 Å². The summed E-state index contributed by atoms with van der Waals surface area (Å²) < 4.78 is 11.1. The Kier molecular flexibility index (Phi) is 4.70. The van der Waals surface area contributed by atoms with Crippen LogP contribution in [-0.4, -0.2) is 38.6 Å². The van der Waals surface area contributed by atoms with Gasteiger partial charge in [-0.25, -0.2) is 0 Å². The molecule has 0 aromatic heterocycles. The molecule has 2 heterocycles. The van der Waals surface area contributed by atoms with E-state index >= 15 is 0 Å². The number of hydrogen-bond acceptors (Lipinski definition) is 3. The number of carbonyl (C=O) groups excluding carboxylic acids is 1. The molecule has 2 aromatic carbocycles. The first-order chi connectivity index (χ1) is 12.3. The number of Topliss-reactive ketones (excluding diaryl/α,β-unsaturated/α-hetero) is 1. The zero-order valence-electron chi connectivity index (χ0n) is 14.4. The largest absolute Gasteiger partial charge is 0.486 e. The topological polar surface area (TPSA) is 40.0 Å². The number of nitrogens with one attached hydrogen (secondary N) is 1. The van der Waals surface area contributed by atoms with Gasteiger partial charge in [0.1, 0.15) is 13.2 Å². The number of quaternary nitrogens is 1. The number of ether oxygens (including phenoxy) is 2. The van der Waals surface area contributed by atoms with Gasteiger partial charge in [-0.05, 0) is 23.8 Å². The second-order valence-corrected chi connectivity index (χ2v) is 6.88. The SMILES string of the molecule is O=C(CC[NH+]1CC[C@@H](c2ccccc2)C1)c1ccc2c(c1)OCCO2. The summed E-state index contributed by atoms with van der Waals surface area (Å²) in [6.45, 7) is 4.29. The van der Waals surface area contributed by atoms with Gasteiger partial charge in [0.25, 0.3) is 0 Å². The summed E-state index contributed by atoms with van der Waals surface area (Å²) in [6, 6.07) is 16.2. The minimum atomic E-state index is 0.188. The number of likely N-dealkylation sites (tertiary alicyclic amines) is 1. The number of hydrogen-bond donors (Lipinski definition) is 1. The lowest BCUT2D eigenvalue weighted by atomic mass is 9.99. The number of benzene rings is 2. The zero-order chi connectivity index (χ0) is 17.1. The van der Waals surface area contributed by atoms with Crippen molar-refractivity contribution in [3.05, 3.63) is 59.7 Å². The summed E-state index contributed by atoms with van der Waals surface area (Å²) in [5.41, 5.74) is 2.15. The van der Waals surface area contributed by atoms with Crippen LogP contribution in [0.5, 0.6) is 11.5 Å². The standard InChI is InChI=1S/C21H23NO3/c23-19(17-6-7-20-21(14-17)25-13-12-24-20)9-11-22-10-8-18(15-22)16-4-2-1-3-5-16/h1-7,14,18H,8-13,15H2/p+1/t18-/m1/s1. The van der Waals surface area contributed by atoms with Crippen molar-refractivity contribution < 1.29 is 19.2 Å². The molecule has 2 aliphatic heterocycles. The Morgan fingerprint density at radius 3 is 2.68 bits per heavy atom. The Balaban J connectivity index is 1.32. The minimum absolute atomic E-state index is 0.188. The fourth-order valence-electron chi connectivity index (χ4n) is 3.82. The lowest BCUT2D eigenvalue weighted by Gasteiger charge is -2.18. The van der Waals surface area contributed by atoms with Crippen LogP contribution >= 0.6 is 0 Å². The Bertz CT molecular complexity index is 744. The van der Waals surface area contributed by atoms with E-state index in [9.17, 15) is 4.79 Å². The van der Waals surface area contributed by atoms with Crippen LogP contribution in [0.25, 0.3) is 0 Å². The molecule has 2 aromatic rings. The number of fused-ring (bicyclic) bond motifs is 1. The molecular formula is C21H24NO3+. The van der Waals surface area contributed by atoms with E-state index in [1.54, 1.807) is 0 Å². The van der Waals surface area contributed by atoms with Crippen LogP contribution in [0.1, 0.15) is 34.7 Å². The molecule has 4 nitrogen and oxygen atoms in total. The van der Waals surface area contributed by atoms with E-state index in [1.807, 2.05) is 18.2 Å². The van der Waals surface area contributed by atoms with Crippen molar-refractivity contribution in [2.75, 3.05) is 32.8 Å². The fourth-order valence-corrected chi connectivity index (χ4v) is 3.82. The first-order valence-corrected chi connectivity index (χ1v) is 9.11. The van der Waals surface area contributed by atoms with Crippen molar-refractivity contribution in [1.82, 2.24) is 0 Å². The molecular weight excluding hydrogens is 314 g/mol. The van der Waals surface area contributed by atoms with E-state index in [2.05, 4.69) is 30.3 Å². The normalized spacial score (nSPS) is 21.9. The summed E-state index contributed by atoms with van der Waals surface area (Å²) >= 11 is 0. The van der Waals surface area contributed by atoms with Gasteiger partial charge in [-0.1, -0.05) is 30.3 Å². The third-order valence-corrected chi connectivity index (χ3v) is 5.22. The Morgan fingerprint density at radius 2 is 1.84 bits per heavy atom. The molecule has 1 fully saturated rings. The molecule has 2 aliphatic rings. The predicted octanol–water partition coefficient (Wildman–Crippen LogP) is 2.10. The molecule has 0 bridgehead atoms. The van der Waals surface area contributed by atoms with Crippen molar-refractivity contribution in [3.63, 3.8) is 0 Å². The Hall–Kier alpha value is -2.33. The summed E-state index contributed by atoms with van der Waals surface area (Å²) in [5.74, 6) is 2.24. The van der Waals surface area contributed by atoms with Gasteiger partial charge in [0, 0.05) is 17.9 Å². The van der Waals surface area contributed by atoms with Crippen molar-refractivity contribution in [3.8, 4) is 11.5 Å². The van der Waals surface area contributed by atoms with Gasteiger partial charge in [0.15, 0.2) is 17.3 Å². The lowest BCUT2D eigenvalue weighted by Crippen LogP contribution is -3.10. The first-order valence-electron chi connectivity index (χ1n) is 9.11. The van der Waals surface area contributed by atoms with Gasteiger partial charge < -0.3 is 14.4 Å². The average molecular weight is 338 g/mol. The third-order valence-electron chi connectivity index (χ3n) is 5.22. The van der Waals surface area contributed by atoms with Crippen LogP contribution in [0.4, 0.5) is 0 Å². The molecule has 0 aliphatic carbocycles. The van der Waals surface area contributed by atoms with Crippen molar-refractivity contribution in [2.45, 2.75) is 18.8 Å². The monoisotopic (exact) mass is 338 g/mol. The van der Waals surface area contributed by atoms with E-state index in [0.29, 0.717) is 31.3 Å². The van der Waals surface area contributed by atoms with Crippen molar-refractivity contribution in [2.24, 2.45) is 0 Å². The molecule has 0 amide bonds. The molecule has 1 saturated heterocycles. The highest BCUT2D eigenvalue weighted by molar-refractivity contribution is 5.96. The molecule has 0 saturated carbocycles. The highest BCUT2D eigenvalue weighted by Gasteiger charge is 2.27. The molecule has 130 valence electrons. The van der Waals surface area contributed by atoms with E-state index in [0.717, 1.165) is 30.9 Å². The summed E-state index contributed by atoms with van der Waals surface area (Å²) in [5, 5.41) is 0. The summed E-state index contributed by atoms with van der Waals surface area (Å²) in [6.07, 6.45) is 1.79. The maximum atomic E-state index is 12.5. The van der Waals surface area contributed by atoms with Crippen LogP contribution in [-0.2, 0) is 0 Å². The second kappa shape index (κ2) is 7.28. The van der Waals surface area contributed by atoms with E-state index < -0.39 is 0 Å². The molecule has 1 N–H and O–H groups in total. The molecule has 4 rings (SSSR count). The zero-order valence-corrected chi connectivity index (χ0v) is 14.4. The van der Waals surface area contributed by atoms with E-state index in [4.69, 9.17) is 9.47 Å². The molecule has 4 heteroatoms. The second-order valence-electron chi connectivity index (χ2n) is 6.88. The lowest BCUT2D eigenvalue weighted by molar-refractivity contribution is -0.887. The average Bonchev–Trinajstić information content (AvgIpc) is 3.15. The van der Waals surface area contributed by atoms with Crippen molar-refractivity contribution >= 4 is 5.78 Å². The van der Waals surface area contributed by atoms with Crippen LogP contribution in [0, 0.1) is 0 Å². The maximum Gasteiger partial charge on any atom is 0.168 e. The molecule has 0 radical (unpaired) electrons. The van der Waals surface area contributed by atoms with Gasteiger partial charge >= 0.3 is 0 Å². The van der Waals surface area contributed by atoms with Gasteiger partial charge in [0.2, 0.25) is 0 Å². The third kappa shape index (κ3) is 3.69. The van der Waals surface area contributed by atoms with E-state index in [-0.39, 0.29) is 5.78 Å². The molecule has 0 spiro atoms. The van der Waals surface area contributed by atoms with Crippen molar-refractivity contribution in [1.29, 1.82) is 0 Å².